The Morgan fingerprint density at radius 2 is 2.06 bits per heavy atom. The van der Waals surface area contributed by atoms with E-state index in [1.807, 2.05) is 5.38 Å². The summed E-state index contributed by atoms with van der Waals surface area (Å²) < 4.78 is 14.4. The minimum absolute atomic E-state index is 0.0271. The Hall–Kier alpha value is -0.520. The summed E-state index contributed by atoms with van der Waals surface area (Å²) in [7, 11) is 0. The lowest BCUT2D eigenvalue weighted by Gasteiger charge is -2.02. The van der Waals surface area contributed by atoms with Crippen LogP contribution < -0.4 is 0 Å². The SMILES string of the molecule is O=C(Cc1ccc(F)cc1Br)c1csc(Br)c1. The third-order valence-corrected chi connectivity index (χ3v) is 4.50. The summed E-state index contributed by atoms with van der Waals surface area (Å²) in [5.74, 6) is -0.286. The molecule has 0 bridgehead atoms. The molecule has 2 aromatic rings. The van der Waals surface area contributed by atoms with Gasteiger partial charge in [0.05, 0.1) is 3.79 Å². The van der Waals surface area contributed by atoms with Crippen molar-refractivity contribution in [2.24, 2.45) is 0 Å². The van der Waals surface area contributed by atoms with Crippen molar-refractivity contribution in [2.75, 3.05) is 0 Å². The number of thiophene rings is 1. The van der Waals surface area contributed by atoms with E-state index >= 15 is 0 Å². The zero-order valence-corrected chi connectivity index (χ0v) is 12.5. The highest BCUT2D eigenvalue weighted by molar-refractivity contribution is 9.11. The number of halogens is 3. The van der Waals surface area contributed by atoms with Crippen molar-refractivity contribution in [1.82, 2.24) is 0 Å². The molecule has 5 heteroatoms. The Labute approximate surface area is 119 Å². The Morgan fingerprint density at radius 3 is 2.65 bits per heavy atom. The molecule has 0 saturated carbocycles. The maximum atomic E-state index is 12.9. The molecule has 1 aromatic carbocycles. The van der Waals surface area contributed by atoms with Gasteiger partial charge in [0.1, 0.15) is 5.82 Å². The van der Waals surface area contributed by atoms with Crippen molar-refractivity contribution in [3.05, 3.63) is 54.8 Å². The monoisotopic (exact) mass is 376 g/mol. The number of ketones is 1. The van der Waals surface area contributed by atoms with E-state index in [1.165, 1.54) is 23.5 Å². The molecule has 17 heavy (non-hydrogen) atoms. The first-order valence-electron chi connectivity index (χ1n) is 4.77. The van der Waals surface area contributed by atoms with Crippen molar-refractivity contribution in [3.63, 3.8) is 0 Å². The number of carbonyl (C=O) groups excluding carboxylic acids is 1. The van der Waals surface area contributed by atoms with E-state index in [2.05, 4.69) is 31.9 Å². The van der Waals surface area contributed by atoms with Gasteiger partial charge in [0.25, 0.3) is 0 Å². The van der Waals surface area contributed by atoms with Crippen LogP contribution in [0.3, 0.4) is 0 Å². The van der Waals surface area contributed by atoms with Gasteiger partial charge in [-0.2, -0.15) is 0 Å². The molecule has 2 rings (SSSR count). The third-order valence-electron chi connectivity index (χ3n) is 2.26. The highest BCUT2D eigenvalue weighted by Gasteiger charge is 2.11. The fourth-order valence-corrected chi connectivity index (χ4v) is 3.05. The minimum atomic E-state index is -0.314. The third kappa shape index (κ3) is 3.24. The Balaban J connectivity index is 2.18. The molecule has 1 nitrogen and oxygen atoms in total. The molecule has 1 heterocycles. The summed E-state index contributed by atoms with van der Waals surface area (Å²) in [6.45, 7) is 0. The van der Waals surface area contributed by atoms with Crippen LogP contribution in [0.2, 0.25) is 0 Å². The number of benzene rings is 1. The lowest BCUT2D eigenvalue weighted by Crippen LogP contribution is -2.02. The van der Waals surface area contributed by atoms with Gasteiger partial charge in [-0.05, 0) is 39.7 Å². The quantitative estimate of drug-likeness (QED) is 0.699. The molecular weight excluding hydrogens is 371 g/mol. The largest absolute Gasteiger partial charge is 0.294 e. The van der Waals surface area contributed by atoms with Crippen LogP contribution in [0.4, 0.5) is 4.39 Å². The smallest absolute Gasteiger partial charge is 0.168 e. The second kappa shape index (κ2) is 5.42. The first-order valence-corrected chi connectivity index (χ1v) is 7.24. The molecule has 0 fully saturated rings. The zero-order valence-electron chi connectivity index (χ0n) is 8.54. The van der Waals surface area contributed by atoms with E-state index in [-0.39, 0.29) is 18.0 Å². The van der Waals surface area contributed by atoms with Crippen LogP contribution >= 0.6 is 43.2 Å². The van der Waals surface area contributed by atoms with Crippen molar-refractivity contribution in [1.29, 1.82) is 0 Å². The maximum Gasteiger partial charge on any atom is 0.168 e. The maximum absolute atomic E-state index is 12.9. The van der Waals surface area contributed by atoms with E-state index in [1.54, 1.807) is 12.1 Å². The zero-order chi connectivity index (χ0) is 12.4. The van der Waals surface area contributed by atoms with Gasteiger partial charge < -0.3 is 0 Å². The highest BCUT2D eigenvalue weighted by Crippen LogP contribution is 2.24. The molecule has 0 atom stereocenters. The van der Waals surface area contributed by atoms with E-state index < -0.39 is 0 Å². The fraction of sp³-hybridized carbons (Fsp3) is 0.0833. The summed E-state index contributed by atoms with van der Waals surface area (Å²) >= 11 is 8.05. The molecule has 0 aliphatic heterocycles. The fourth-order valence-electron chi connectivity index (χ4n) is 1.40. The van der Waals surface area contributed by atoms with Crippen LogP contribution in [-0.2, 0) is 6.42 Å². The Morgan fingerprint density at radius 1 is 1.29 bits per heavy atom. The van der Waals surface area contributed by atoms with Crippen LogP contribution in [-0.4, -0.2) is 5.78 Å². The number of Topliss-reactive ketones (excluding diaryl/α,β-unsaturated/α-hetero) is 1. The van der Waals surface area contributed by atoms with Crippen molar-refractivity contribution in [3.8, 4) is 0 Å². The van der Waals surface area contributed by atoms with Gasteiger partial charge in [0, 0.05) is 21.8 Å². The van der Waals surface area contributed by atoms with Gasteiger partial charge in [-0.25, -0.2) is 4.39 Å². The number of hydrogen-bond acceptors (Lipinski definition) is 2. The van der Waals surface area contributed by atoms with Crippen LogP contribution in [0, 0.1) is 5.82 Å². The van der Waals surface area contributed by atoms with Crippen LogP contribution in [0.25, 0.3) is 0 Å². The lowest BCUT2D eigenvalue weighted by molar-refractivity contribution is 0.0993. The first-order chi connectivity index (χ1) is 8.06. The minimum Gasteiger partial charge on any atom is -0.294 e. The molecule has 88 valence electrons. The standard InChI is InChI=1S/C12H7Br2FOS/c13-10-5-9(15)2-1-7(10)3-11(16)8-4-12(14)17-6-8/h1-2,4-6H,3H2. The molecule has 0 unspecified atom stereocenters. The molecule has 0 N–H and O–H groups in total. The number of hydrogen-bond donors (Lipinski definition) is 0. The predicted molar refractivity (Wildman–Crippen MR) is 74.2 cm³/mol. The van der Waals surface area contributed by atoms with Gasteiger partial charge in [0.2, 0.25) is 0 Å². The summed E-state index contributed by atoms with van der Waals surface area (Å²) in [6.07, 6.45) is 0.268. The lowest BCUT2D eigenvalue weighted by atomic mass is 10.1. The molecule has 0 amide bonds. The van der Waals surface area contributed by atoms with Gasteiger partial charge in [-0.1, -0.05) is 22.0 Å². The molecule has 0 spiro atoms. The summed E-state index contributed by atoms with van der Waals surface area (Å²) in [6, 6.07) is 6.15. The Kier molecular flexibility index (Phi) is 4.12. The van der Waals surface area contributed by atoms with Crippen LogP contribution in [0.5, 0.6) is 0 Å². The van der Waals surface area contributed by atoms with Gasteiger partial charge in [-0.3, -0.25) is 4.79 Å². The second-order valence-corrected chi connectivity index (χ2v) is 6.62. The summed E-state index contributed by atoms with van der Waals surface area (Å²) in [5, 5.41) is 1.81. The van der Waals surface area contributed by atoms with Crippen molar-refractivity contribution < 1.29 is 9.18 Å². The summed E-state index contributed by atoms with van der Waals surface area (Å²) in [5.41, 5.74) is 1.47. The van der Waals surface area contributed by atoms with Crippen LogP contribution in [0.15, 0.2) is 37.9 Å². The molecule has 0 aliphatic rings. The number of carbonyl (C=O) groups is 1. The topological polar surface area (TPSA) is 17.1 Å². The predicted octanol–water partition coefficient (Wildman–Crippen LogP) is 4.84. The van der Waals surface area contributed by atoms with E-state index in [0.29, 0.717) is 10.0 Å². The van der Waals surface area contributed by atoms with Gasteiger partial charge in [0.15, 0.2) is 5.78 Å². The van der Waals surface area contributed by atoms with Crippen molar-refractivity contribution >= 4 is 49.0 Å². The first kappa shape index (κ1) is 12.9. The normalized spacial score (nSPS) is 10.5. The molecule has 0 radical (unpaired) electrons. The molecular formula is C12H7Br2FOS. The Bertz CT molecular complexity index is 565. The molecule has 0 saturated heterocycles. The molecule has 0 aliphatic carbocycles. The molecule has 1 aromatic heterocycles. The van der Waals surface area contributed by atoms with Crippen molar-refractivity contribution in [2.45, 2.75) is 6.42 Å². The average molecular weight is 378 g/mol. The average Bonchev–Trinajstić information content (AvgIpc) is 2.69. The van der Waals surface area contributed by atoms with Gasteiger partial charge in [-0.15, -0.1) is 11.3 Å². The van der Waals surface area contributed by atoms with Gasteiger partial charge >= 0.3 is 0 Å². The van der Waals surface area contributed by atoms with E-state index in [9.17, 15) is 9.18 Å². The van der Waals surface area contributed by atoms with E-state index in [0.717, 1.165) is 9.35 Å². The highest BCUT2D eigenvalue weighted by atomic mass is 79.9. The van der Waals surface area contributed by atoms with E-state index in [4.69, 9.17) is 0 Å². The second-order valence-electron chi connectivity index (χ2n) is 3.48. The number of rotatable bonds is 3. The summed E-state index contributed by atoms with van der Waals surface area (Å²) in [4.78, 5) is 11.9. The van der Waals surface area contributed by atoms with Crippen LogP contribution in [0.1, 0.15) is 15.9 Å².